The summed E-state index contributed by atoms with van der Waals surface area (Å²) in [5.74, 6) is 0.308. The average Bonchev–Trinajstić information content (AvgIpc) is 3.01. The maximum atomic E-state index is 12.3. The van der Waals surface area contributed by atoms with Crippen LogP contribution in [0, 0.1) is 5.92 Å². The van der Waals surface area contributed by atoms with Gasteiger partial charge in [-0.3, -0.25) is 4.79 Å². The molecule has 1 aromatic rings. The molecule has 0 radical (unpaired) electrons. The molecule has 1 aliphatic rings. The summed E-state index contributed by atoms with van der Waals surface area (Å²) in [5, 5.41) is 2.05. The Balaban J connectivity index is 2.04. The van der Waals surface area contributed by atoms with Gasteiger partial charge in [0.15, 0.2) is 0 Å². The van der Waals surface area contributed by atoms with E-state index in [2.05, 4.69) is 6.07 Å². The zero-order chi connectivity index (χ0) is 12.4. The molecule has 1 aromatic heterocycles. The van der Waals surface area contributed by atoms with Crippen LogP contribution in [0.1, 0.15) is 31.6 Å². The fourth-order valence-corrected chi connectivity index (χ4v) is 2.52. The highest BCUT2D eigenvalue weighted by molar-refractivity contribution is 7.09. The first-order valence-electron chi connectivity index (χ1n) is 6.18. The molecule has 1 fully saturated rings. The lowest BCUT2D eigenvalue weighted by Gasteiger charge is -2.26. The number of thiophene rings is 1. The molecule has 1 heterocycles. The van der Waals surface area contributed by atoms with Gasteiger partial charge in [-0.05, 0) is 30.2 Å². The molecule has 0 saturated heterocycles. The topological polar surface area (TPSA) is 46.3 Å². The van der Waals surface area contributed by atoms with Gasteiger partial charge in [-0.15, -0.1) is 11.3 Å². The number of carbonyl (C=O) groups is 1. The van der Waals surface area contributed by atoms with Crippen molar-refractivity contribution in [2.45, 2.75) is 45.3 Å². The van der Waals surface area contributed by atoms with Gasteiger partial charge < -0.3 is 10.6 Å². The van der Waals surface area contributed by atoms with Crippen molar-refractivity contribution in [3.8, 4) is 0 Å². The van der Waals surface area contributed by atoms with E-state index in [-0.39, 0.29) is 17.9 Å². The third-order valence-corrected chi connectivity index (χ3v) is 4.04. The van der Waals surface area contributed by atoms with E-state index in [1.165, 1.54) is 4.88 Å². The van der Waals surface area contributed by atoms with E-state index in [0.29, 0.717) is 6.04 Å². The van der Waals surface area contributed by atoms with E-state index in [0.717, 1.165) is 19.4 Å². The normalized spacial score (nSPS) is 17.2. The summed E-state index contributed by atoms with van der Waals surface area (Å²) in [7, 11) is 0. The van der Waals surface area contributed by atoms with Crippen molar-refractivity contribution in [2.24, 2.45) is 11.7 Å². The van der Waals surface area contributed by atoms with E-state index in [1.807, 2.05) is 30.2 Å². The van der Waals surface area contributed by atoms with Crippen molar-refractivity contribution in [1.29, 1.82) is 0 Å². The molecule has 0 aliphatic heterocycles. The van der Waals surface area contributed by atoms with E-state index >= 15 is 0 Å². The lowest BCUT2D eigenvalue weighted by atomic mass is 10.0. The first-order chi connectivity index (χ1) is 8.09. The molecule has 17 heavy (non-hydrogen) atoms. The van der Waals surface area contributed by atoms with Crippen LogP contribution in [-0.4, -0.2) is 22.9 Å². The van der Waals surface area contributed by atoms with Crippen molar-refractivity contribution in [2.75, 3.05) is 0 Å². The zero-order valence-electron chi connectivity index (χ0n) is 10.4. The van der Waals surface area contributed by atoms with Crippen molar-refractivity contribution in [1.82, 2.24) is 4.90 Å². The minimum Gasteiger partial charge on any atom is -0.333 e. The third kappa shape index (κ3) is 3.07. The Bertz CT molecular complexity index is 371. The van der Waals surface area contributed by atoms with Crippen molar-refractivity contribution >= 4 is 17.2 Å². The molecule has 0 spiro atoms. The van der Waals surface area contributed by atoms with Crippen LogP contribution in [0.4, 0.5) is 0 Å². The van der Waals surface area contributed by atoms with Crippen molar-refractivity contribution in [3.05, 3.63) is 22.4 Å². The average molecular weight is 252 g/mol. The van der Waals surface area contributed by atoms with Crippen molar-refractivity contribution in [3.63, 3.8) is 0 Å². The van der Waals surface area contributed by atoms with Crippen LogP contribution in [0.25, 0.3) is 0 Å². The summed E-state index contributed by atoms with van der Waals surface area (Å²) < 4.78 is 0. The van der Waals surface area contributed by atoms with Crippen LogP contribution >= 0.6 is 11.3 Å². The molecule has 1 saturated carbocycles. The molecule has 3 nitrogen and oxygen atoms in total. The second-order valence-corrected chi connectivity index (χ2v) is 6.08. The molecule has 1 atom stereocenters. The predicted molar refractivity (Wildman–Crippen MR) is 70.7 cm³/mol. The van der Waals surface area contributed by atoms with Crippen LogP contribution in [0.2, 0.25) is 0 Å². The maximum absolute atomic E-state index is 12.3. The molecular weight excluding hydrogens is 232 g/mol. The highest BCUT2D eigenvalue weighted by Gasteiger charge is 2.35. The Labute approximate surface area is 107 Å². The van der Waals surface area contributed by atoms with Gasteiger partial charge in [0, 0.05) is 10.9 Å². The Kier molecular flexibility index (Phi) is 3.84. The number of hydrogen-bond donors (Lipinski definition) is 1. The molecule has 0 unspecified atom stereocenters. The first-order valence-corrected chi connectivity index (χ1v) is 7.06. The molecule has 1 aliphatic carbocycles. The van der Waals surface area contributed by atoms with Crippen LogP contribution in [0.5, 0.6) is 0 Å². The number of carbonyl (C=O) groups excluding carboxylic acids is 1. The largest absolute Gasteiger partial charge is 0.333 e. The maximum Gasteiger partial charge on any atom is 0.240 e. The highest BCUT2D eigenvalue weighted by Crippen LogP contribution is 2.30. The molecule has 2 N–H and O–H groups in total. The predicted octanol–water partition coefficient (Wildman–Crippen LogP) is 2.22. The molecule has 1 amide bonds. The van der Waals surface area contributed by atoms with Crippen molar-refractivity contribution < 1.29 is 4.79 Å². The number of nitrogens with two attached hydrogens (primary N) is 1. The van der Waals surface area contributed by atoms with E-state index in [4.69, 9.17) is 5.73 Å². The lowest BCUT2D eigenvalue weighted by Crippen LogP contribution is -2.47. The van der Waals surface area contributed by atoms with Gasteiger partial charge in [-0.1, -0.05) is 19.9 Å². The van der Waals surface area contributed by atoms with Crippen LogP contribution in [0.15, 0.2) is 17.5 Å². The molecule has 94 valence electrons. The molecule has 4 heteroatoms. The molecular formula is C13H20N2OS. The summed E-state index contributed by atoms with van der Waals surface area (Å²) in [6.07, 6.45) is 2.25. The first kappa shape index (κ1) is 12.6. The Morgan fingerprint density at radius 3 is 2.76 bits per heavy atom. The fraction of sp³-hybridized carbons (Fsp3) is 0.615. The molecule has 2 rings (SSSR count). The minimum atomic E-state index is -0.365. The van der Waals surface area contributed by atoms with E-state index < -0.39 is 0 Å². The quantitative estimate of drug-likeness (QED) is 0.873. The lowest BCUT2D eigenvalue weighted by molar-refractivity contribution is -0.134. The number of amides is 1. The highest BCUT2D eigenvalue weighted by atomic mass is 32.1. The smallest absolute Gasteiger partial charge is 0.240 e. The van der Waals surface area contributed by atoms with Gasteiger partial charge in [-0.2, -0.15) is 0 Å². The van der Waals surface area contributed by atoms with Gasteiger partial charge in [0.1, 0.15) is 0 Å². The number of rotatable bonds is 5. The summed E-state index contributed by atoms with van der Waals surface area (Å²) >= 11 is 1.70. The minimum absolute atomic E-state index is 0.107. The fourth-order valence-electron chi connectivity index (χ4n) is 1.82. The standard InChI is InChI=1S/C13H20N2OS/c1-9(2)12(14)13(16)15(10-5-6-10)8-11-4-3-7-17-11/h3-4,7,9-10,12H,5-6,8,14H2,1-2H3/t12-/m1/s1. The Hall–Kier alpha value is -0.870. The Morgan fingerprint density at radius 1 is 1.59 bits per heavy atom. The molecule has 0 aromatic carbocycles. The third-order valence-electron chi connectivity index (χ3n) is 3.18. The zero-order valence-corrected chi connectivity index (χ0v) is 11.2. The number of hydrogen-bond acceptors (Lipinski definition) is 3. The summed E-state index contributed by atoms with van der Waals surface area (Å²) in [5.41, 5.74) is 5.97. The van der Waals surface area contributed by atoms with Gasteiger partial charge >= 0.3 is 0 Å². The molecule has 0 bridgehead atoms. The SMILES string of the molecule is CC(C)[C@@H](N)C(=O)N(Cc1cccs1)C1CC1. The summed E-state index contributed by atoms with van der Waals surface area (Å²) in [6.45, 7) is 4.72. The van der Waals surface area contributed by atoms with E-state index in [1.54, 1.807) is 11.3 Å². The van der Waals surface area contributed by atoms with E-state index in [9.17, 15) is 4.79 Å². The van der Waals surface area contributed by atoms with Crippen LogP contribution < -0.4 is 5.73 Å². The number of nitrogens with zero attached hydrogens (tertiary/aromatic N) is 1. The van der Waals surface area contributed by atoms with Crippen LogP contribution in [-0.2, 0) is 11.3 Å². The van der Waals surface area contributed by atoms with Gasteiger partial charge in [-0.25, -0.2) is 0 Å². The second kappa shape index (κ2) is 5.19. The van der Waals surface area contributed by atoms with Gasteiger partial charge in [0.25, 0.3) is 0 Å². The summed E-state index contributed by atoms with van der Waals surface area (Å²) in [4.78, 5) is 15.5. The van der Waals surface area contributed by atoms with Gasteiger partial charge in [0.2, 0.25) is 5.91 Å². The van der Waals surface area contributed by atoms with Crippen LogP contribution in [0.3, 0.4) is 0 Å². The Morgan fingerprint density at radius 2 is 2.29 bits per heavy atom. The monoisotopic (exact) mass is 252 g/mol. The van der Waals surface area contributed by atoms with Gasteiger partial charge in [0.05, 0.1) is 12.6 Å². The second-order valence-electron chi connectivity index (χ2n) is 5.05. The summed E-state index contributed by atoms with van der Waals surface area (Å²) in [6, 6.07) is 4.16.